The SMILES string of the molecule is C[Si](C)(C)c1[nH]ncc1-c1ccccc1. The number of benzene rings is 1. The molecular formula is C12H16N2Si. The van der Waals surface area contributed by atoms with Crippen molar-refractivity contribution in [1.82, 2.24) is 10.2 Å². The molecule has 1 aromatic heterocycles. The van der Waals surface area contributed by atoms with Gasteiger partial charge in [0.05, 0.1) is 6.20 Å². The summed E-state index contributed by atoms with van der Waals surface area (Å²) in [4.78, 5) is 0. The molecular weight excluding hydrogens is 200 g/mol. The van der Waals surface area contributed by atoms with Gasteiger partial charge < -0.3 is 0 Å². The fourth-order valence-electron chi connectivity index (χ4n) is 1.69. The number of aromatic nitrogens is 2. The number of aromatic amines is 1. The molecule has 0 amide bonds. The van der Waals surface area contributed by atoms with E-state index in [1.54, 1.807) is 0 Å². The Labute approximate surface area is 91.4 Å². The zero-order chi connectivity index (χ0) is 10.9. The minimum absolute atomic E-state index is 1.25. The van der Waals surface area contributed by atoms with E-state index in [2.05, 4.69) is 54.1 Å². The third-order valence-corrected chi connectivity index (χ3v) is 4.36. The van der Waals surface area contributed by atoms with Gasteiger partial charge in [-0.1, -0.05) is 50.0 Å². The lowest BCUT2D eigenvalue weighted by molar-refractivity contribution is 1.11. The number of nitrogens with one attached hydrogen (secondary N) is 1. The van der Waals surface area contributed by atoms with Crippen LogP contribution in [0.3, 0.4) is 0 Å². The topological polar surface area (TPSA) is 28.7 Å². The van der Waals surface area contributed by atoms with Crippen LogP contribution in [0.15, 0.2) is 36.5 Å². The Balaban J connectivity index is 2.51. The Morgan fingerprint density at radius 3 is 2.33 bits per heavy atom. The molecule has 15 heavy (non-hydrogen) atoms. The molecule has 0 spiro atoms. The van der Waals surface area contributed by atoms with E-state index in [0.29, 0.717) is 0 Å². The second kappa shape index (κ2) is 3.66. The van der Waals surface area contributed by atoms with Crippen LogP contribution in [0.4, 0.5) is 0 Å². The number of hydrogen-bond acceptors (Lipinski definition) is 1. The molecule has 0 aliphatic carbocycles. The van der Waals surface area contributed by atoms with Crippen LogP contribution in [0.25, 0.3) is 11.1 Å². The minimum Gasteiger partial charge on any atom is -0.286 e. The van der Waals surface area contributed by atoms with Crippen LogP contribution in [0.2, 0.25) is 19.6 Å². The van der Waals surface area contributed by atoms with E-state index in [4.69, 9.17) is 0 Å². The van der Waals surface area contributed by atoms with Crippen molar-refractivity contribution < 1.29 is 0 Å². The third-order valence-electron chi connectivity index (χ3n) is 2.47. The van der Waals surface area contributed by atoms with Crippen molar-refractivity contribution in [2.24, 2.45) is 0 Å². The van der Waals surface area contributed by atoms with Gasteiger partial charge in [-0.05, 0) is 5.56 Å². The van der Waals surface area contributed by atoms with Crippen LogP contribution in [-0.2, 0) is 0 Å². The molecule has 3 heteroatoms. The Bertz CT molecular complexity index is 440. The van der Waals surface area contributed by atoms with Gasteiger partial charge in [0.1, 0.15) is 8.07 Å². The molecule has 2 aromatic rings. The Morgan fingerprint density at radius 1 is 1.07 bits per heavy atom. The van der Waals surface area contributed by atoms with Crippen molar-refractivity contribution >= 4 is 13.4 Å². The Kier molecular flexibility index (Phi) is 2.48. The summed E-state index contributed by atoms with van der Waals surface area (Å²) in [7, 11) is -1.33. The van der Waals surface area contributed by atoms with Crippen LogP contribution in [0, 0.1) is 0 Å². The number of rotatable bonds is 2. The summed E-state index contributed by atoms with van der Waals surface area (Å²) in [6, 6.07) is 10.4. The molecule has 78 valence electrons. The van der Waals surface area contributed by atoms with Gasteiger partial charge in [-0.15, -0.1) is 0 Å². The van der Waals surface area contributed by atoms with Crippen LogP contribution >= 0.6 is 0 Å². The third kappa shape index (κ3) is 2.02. The molecule has 0 aliphatic rings. The second-order valence-electron chi connectivity index (χ2n) is 4.77. The lowest BCUT2D eigenvalue weighted by Gasteiger charge is -2.15. The highest BCUT2D eigenvalue weighted by atomic mass is 28.3. The number of hydrogen-bond donors (Lipinski definition) is 1. The van der Waals surface area contributed by atoms with Gasteiger partial charge in [0.2, 0.25) is 0 Å². The molecule has 2 nitrogen and oxygen atoms in total. The average molecular weight is 216 g/mol. The van der Waals surface area contributed by atoms with E-state index in [1.807, 2.05) is 12.3 Å². The molecule has 0 saturated carbocycles. The second-order valence-corrected chi connectivity index (χ2v) is 9.77. The molecule has 1 N–H and O–H groups in total. The van der Waals surface area contributed by atoms with E-state index in [-0.39, 0.29) is 0 Å². The molecule has 0 atom stereocenters. The predicted molar refractivity (Wildman–Crippen MR) is 67.0 cm³/mol. The Morgan fingerprint density at radius 2 is 1.73 bits per heavy atom. The van der Waals surface area contributed by atoms with Gasteiger partial charge in [-0.25, -0.2) is 0 Å². The van der Waals surface area contributed by atoms with Gasteiger partial charge in [-0.3, -0.25) is 5.10 Å². The Hall–Kier alpha value is -1.35. The number of nitrogens with zero attached hydrogens (tertiary/aromatic N) is 1. The summed E-state index contributed by atoms with van der Waals surface area (Å²) in [6.07, 6.45) is 1.93. The smallest absolute Gasteiger partial charge is 0.101 e. The van der Waals surface area contributed by atoms with Gasteiger partial charge in [-0.2, -0.15) is 5.10 Å². The van der Waals surface area contributed by atoms with Crippen LogP contribution < -0.4 is 5.32 Å². The molecule has 1 aromatic carbocycles. The van der Waals surface area contributed by atoms with E-state index in [0.717, 1.165) is 0 Å². The first kappa shape index (κ1) is 10.2. The van der Waals surface area contributed by atoms with Gasteiger partial charge in [0, 0.05) is 10.9 Å². The zero-order valence-corrected chi connectivity index (χ0v) is 10.4. The molecule has 1 heterocycles. The normalized spacial score (nSPS) is 11.7. The van der Waals surface area contributed by atoms with E-state index >= 15 is 0 Å². The molecule has 0 bridgehead atoms. The summed E-state index contributed by atoms with van der Waals surface area (Å²) >= 11 is 0. The summed E-state index contributed by atoms with van der Waals surface area (Å²) in [5.41, 5.74) is 2.51. The van der Waals surface area contributed by atoms with Crippen molar-refractivity contribution in [1.29, 1.82) is 0 Å². The molecule has 0 aliphatic heterocycles. The minimum atomic E-state index is -1.33. The van der Waals surface area contributed by atoms with Gasteiger partial charge >= 0.3 is 0 Å². The monoisotopic (exact) mass is 216 g/mol. The maximum atomic E-state index is 4.17. The maximum Gasteiger partial charge on any atom is 0.101 e. The molecule has 2 rings (SSSR count). The fraction of sp³-hybridized carbons (Fsp3) is 0.250. The highest BCUT2D eigenvalue weighted by Gasteiger charge is 2.22. The largest absolute Gasteiger partial charge is 0.286 e. The first-order chi connectivity index (χ1) is 7.09. The number of H-pyrrole nitrogens is 1. The first-order valence-corrected chi connectivity index (χ1v) is 8.68. The lowest BCUT2D eigenvalue weighted by atomic mass is 10.1. The first-order valence-electron chi connectivity index (χ1n) is 5.18. The zero-order valence-electron chi connectivity index (χ0n) is 9.41. The van der Waals surface area contributed by atoms with Crippen molar-refractivity contribution in [3.05, 3.63) is 36.5 Å². The molecule has 0 fully saturated rings. The van der Waals surface area contributed by atoms with E-state index < -0.39 is 8.07 Å². The predicted octanol–water partition coefficient (Wildman–Crippen LogP) is 2.62. The maximum absolute atomic E-state index is 4.17. The average Bonchev–Trinajstić information content (AvgIpc) is 2.67. The highest BCUT2D eigenvalue weighted by Crippen LogP contribution is 2.18. The summed E-state index contributed by atoms with van der Waals surface area (Å²) in [6.45, 7) is 6.98. The molecule has 0 unspecified atom stereocenters. The molecule has 0 saturated heterocycles. The van der Waals surface area contributed by atoms with Crippen LogP contribution in [-0.4, -0.2) is 18.3 Å². The van der Waals surface area contributed by atoms with Crippen LogP contribution in [0.1, 0.15) is 0 Å². The summed E-state index contributed by atoms with van der Waals surface area (Å²) in [5.74, 6) is 0. The van der Waals surface area contributed by atoms with Crippen molar-refractivity contribution in [3.8, 4) is 11.1 Å². The van der Waals surface area contributed by atoms with E-state index in [9.17, 15) is 0 Å². The van der Waals surface area contributed by atoms with Crippen molar-refractivity contribution in [2.75, 3.05) is 0 Å². The van der Waals surface area contributed by atoms with E-state index in [1.165, 1.54) is 16.4 Å². The summed E-state index contributed by atoms with van der Waals surface area (Å²) in [5, 5.41) is 8.66. The van der Waals surface area contributed by atoms with Crippen LogP contribution in [0.5, 0.6) is 0 Å². The van der Waals surface area contributed by atoms with Crippen molar-refractivity contribution in [3.63, 3.8) is 0 Å². The van der Waals surface area contributed by atoms with Gasteiger partial charge in [0.15, 0.2) is 0 Å². The van der Waals surface area contributed by atoms with Gasteiger partial charge in [0.25, 0.3) is 0 Å². The fourth-order valence-corrected chi connectivity index (χ4v) is 3.11. The lowest BCUT2D eigenvalue weighted by Crippen LogP contribution is -2.40. The quantitative estimate of drug-likeness (QED) is 0.768. The highest BCUT2D eigenvalue weighted by molar-refractivity contribution is 6.89. The molecule has 0 radical (unpaired) electrons. The standard InChI is InChI=1S/C12H16N2Si/c1-15(2,3)12-11(9-13-14-12)10-7-5-4-6-8-10/h4-9H,1-3H3,(H,13,14). The van der Waals surface area contributed by atoms with Crippen molar-refractivity contribution in [2.45, 2.75) is 19.6 Å². The summed E-state index contributed by atoms with van der Waals surface area (Å²) < 4.78 is 0.